The molecular formula is C10H20O2. The molecule has 0 spiro atoms. The largest absolute Gasteiger partial charge is 0.390 e. The van der Waals surface area contributed by atoms with Gasteiger partial charge >= 0.3 is 0 Å². The van der Waals surface area contributed by atoms with Crippen molar-refractivity contribution in [2.75, 3.05) is 0 Å². The lowest BCUT2D eigenvalue weighted by molar-refractivity contribution is -0.0748. The van der Waals surface area contributed by atoms with Crippen LogP contribution in [0.2, 0.25) is 0 Å². The molecule has 2 nitrogen and oxygen atoms in total. The number of aliphatic hydroxyl groups is 2. The van der Waals surface area contributed by atoms with Gasteiger partial charge in [-0.05, 0) is 32.6 Å². The van der Waals surface area contributed by atoms with Crippen LogP contribution >= 0.6 is 0 Å². The molecule has 0 aromatic rings. The lowest BCUT2D eigenvalue weighted by atomic mass is 9.89. The second-order valence-corrected chi connectivity index (χ2v) is 3.31. The summed E-state index contributed by atoms with van der Waals surface area (Å²) in [6.45, 7) is 7.13. The van der Waals surface area contributed by atoms with Crippen molar-refractivity contribution in [3.8, 4) is 0 Å². The summed E-state index contributed by atoms with van der Waals surface area (Å²) in [7, 11) is 0. The summed E-state index contributed by atoms with van der Waals surface area (Å²) in [5, 5.41) is 19.1. The minimum Gasteiger partial charge on any atom is -0.390 e. The lowest BCUT2D eigenvalue weighted by Crippen LogP contribution is -2.39. The van der Waals surface area contributed by atoms with Crippen LogP contribution in [0.5, 0.6) is 0 Å². The Hall–Kier alpha value is -0.340. The van der Waals surface area contributed by atoms with Crippen molar-refractivity contribution in [1.82, 2.24) is 0 Å². The Morgan fingerprint density at radius 1 is 1.58 bits per heavy atom. The minimum absolute atomic E-state index is 0.599. The van der Waals surface area contributed by atoms with Gasteiger partial charge < -0.3 is 10.2 Å². The van der Waals surface area contributed by atoms with Crippen LogP contribution in [0.25, 0.3) is 0 Å². The fraction of sp³-hybridized carbons (Fsp3) is 0.800. The minimum atomic E-state index is -0.900. The van der Waals surface area contributed by atoms with E-state index >= 15 is 0 Å². The summed E-state index contributed by atoms with van der Waals surface area (Å²) < 4.78 is 0. The first-order valence-electron chi connectivity index (χ1n) is 4.58. The van der Waals surface area contributed by atoms with Crippen molar-refractivity contribution < 1.29 is 10.2 Å². The maximum absolute atomic E-state index is 9.84. The zero-order valence-electron chi connectivity index (χ0n) is 8.08. The van der Waals surface area contributed by atoms with Gasteiger partial charge in [0.05, 0.1) is 11.7 Å². The van der Waals surface area contributed by atoms with Gasteiger partial charge in [-0.15, -0.1) is 6.58 Å². The second-order valence-electron chi connectivity index (χ2n) is 3.31. The number of hydrogen-bond acceptors (Lipinski definition) is 2. The van der Waals surface area contributed by atoms with Crippen LogP contribution in [-0.4, -0.2) is 21.9 Å². The van der Waals surface area contributed by atoms with E-state index in [9.17, 15) is 10.2 Å². The molecule has 2 heteroatoms. The van der Waals surface area contributed by atoms with Crippen molar-refractivity contribution >= 4 is 0 Å². The molecule has 2 unspecified atom stereocenters. The van der Waals surface area contributed by atoms with Crippen molar-refractivity contribution in [2.45, 2.75) is 51.2 Å². The van der Waals surface area contributed by atoms with Crippen molar-refractivity contribution in [1.29, 1.82) is 0 Å². The third-order valence-corrected chi connectivity index (χ3v) is 2.41. The van der Waals surface area contributed by atoms with Crippen LogP contribution in [0.1, 0.15) is 39.5 Å². The van der Waals surface area contributed by atoms with Crippen molar-refractivity contribution in [3.05, 3.63) is 12.7 Å². The first kappa shape index (κ1) is 11.7. The molecule has 0 radical (unpaired) electrons. The number of unbranched alkanes of at least 4 members (excludes halogenated alkanes) is 1. The third-order valence-electron chi connectivity index (χ3n) is 2.41. The normalized spacial score (nSPS) is 18.3. The molecular weight excluding hydrogens is 152 g/mol. The van der Waals surface area contributed by atoms with E-state index in [1.807, 2.05) is 13.0 Å². The standard InChI is InChI=1S/C10H20O2/c1-4-6-7-8-10(12,5-2)9(3)11/h4,9,11-12H,1,5-8H2,2-3H3. The molecule has 0 fully saturated rings. The van der Waals surface area contributed by atoms with Gasteiger partial charge in [0.25, 0.3) is 0 Å². The van der Waals surface area contributed by atoms with Crippen LogP contribution in [-0.2, 0) is 0 Å². The topological polar surface area (TPSA) is 40.5 Å². The molecule has 0 saturated carbocycles. The SMILES string of the molecule is C=CCCCC(O)(CC)C(C)O. The highest BCUT2D eigenvalue weighted by Gasteiger charge is 2.29. The number of rotatable bonds is 6. The smallest absolute Gasteiger partial charge is 0.0900 e. The van der Waals surface area contributed by atoms with E-state index in [1.54, 1.807) is 6.92 Å². The van der Waals surface area contributed by atoms with E-state index < -0.39 is 11.7 Å². The van der Waals surface area contributed by atoms with E-state index in [2.05, 4.69) is 6.58 Å². The van der Waals surface area contributed by atoms with E-state index in [4.69, 9.17) is 0 Å². The van der Waals surface area contributed by atoms with Crippen LogP contribution in [0.4, 0.5) is 0 Å². The molecule has 0 saturated heterocycles. The van der Waals surface area contributed by atoms with Gasteiger partial charge in [0.1, 0.15) is 0 Å². The maximum Gasteiger partial charge on any atom is 0.0900 e. The van der Waals surface area contributed by atoms with Gasteiger partial charge in [-0.1, -0.05) is 13.0 Å². The Bertz CT molecular complexity index is 132. The van der Waals surface area contributed by atoms with E-state index in [1.165, 1.54) is 0 Å². The zero-order chi connectivity index (χ0) is 9.61. The van der Waals surface area contributed by atoms with Crippen molar-refractivity contribution in [3.63, 3.8) is 0 Å². The van der Waals surface area contributed by atoms with Gasteiger partial charge in [0.15, 0.2) is 0 Å². The number of hydrogen-bond donors (Lipinski definition) is 2. The highest BCUT2D eigenvalue weighted by molar-refractivity contribution is 4.83. The van der Waals surface area contributed by atoms with Crippen LogP contribution in [0, 0.1) is 0 Å². The van der Waals surface area contributed by atoms with Crippen LogP contribution in [0.3, 0.4) is 0 Å². The van der Waals surface area contributed by atoms with Crippen molar-refractivity contribution in [2.24, 2.45) is 0 Å². The predicted octanol–water partition coefficient (Wildman–Crippen LogP) is 1.86. The Morgan fingerprint density at radius 3 is 2.50 bits per heavy atom. The van der Waals surface area contributed by atoms with Gasteiger partial charge in [-0.2, -0.15) is 0 Å². The van der Waals surface area contributed by atoms with Gasteiger partial charge in [0, 0.05) is 0 Å². The zero-order valence-corrected chi connectivity index (χ0v) is 8.08. The Morgan fingerprint density at radius 2 is 2.17 bits per heavy atom. The van der Waals surface area contributed by atoms with Crippen LogP contribution in [0.15, 0.2) is 12.7 Å². The van der Waals surface area contributed by atoms with Crippen LogP contribution < -0.4 is 0 Å². The summed E-state index contributed by atoms with van der Waals surface area (Å²) in [5.41, 5.74) is -0.900. The summed E-state index contributed by atoms with van der Waals surface area (Å²) in [6, 6.07) is 0. The third kappa shape index (κ3) is 3.37. The van der Waals surface area contributed by atoms with E-state index in [-0.39, 0.29) is 0 Å². The molecule has 0 rings (SSSR count). The Labute approximate surface area is 74.9 Å². The summed E-state index contributed by atoms with van der Waals surface area (Å²) in [4.78, 5) is 0. The van der Waals surface area contributed by atoms with Gasteiger partial charge in [-0.3, -0.25) is 0 Å². The Balaban J connectivity index is 3.87. The monoisotopic (exact) mass is 172 g/mol. The summed E-state index contributed by atoms with van der Waals surface area (Å²) >= 11 is 0. The average Bonchev–Trinajstić information content (AvgIpc) is 2.04. The van der Waals surface area contributed by atoms with Gasteiger partial charge in [0.2, 0.25) is 0 Å². The lowest BCUT2D eigenvalue weighted by Gasteiger charge is -2.29. The molecule has 0 aromatic carbocycles. The first-order chi connectivity index (χ1) is 5.56. The highest BCUT2D eigenvalue weighted by atomic mass is 16.3. The highest BCUT2D eigenvalue weighted by Crippen LogP contribution is 2.22. The summed E-state index contributed by atoms with van der Waals surface area (Å²) in [5.74, 6) is 0. The number of aliphatic hydroxyl groups excluding tert-OH is 1. The molecule has 0 aliphatic heterocycles. The fourth-order valence-corrected chi connectivity index (χ4v) is 1.23. The molecule has 0 aliphatic carbocycles. The average molecular weight is 172 g/mol. The fourth-order valence-electron chi connectivity index (χ4n) is 1.23. The van der Waals surface area contributed by atoms with Gasteiger partial charge in [-0.25, -0.2) is 0 Å². The molecule has 0 bridgehead atoms. The van der Waals surface area contributed by atoms with E-state index in [0.717, 1.165) is 12.8 Å². The molecule has 72 valence electrons. The molecule has 0 aliphatic rings. The quantitative estimate of drug-likeness (QED) is 0.474. The number of allylic oxidation sites excluding steroid dienone is 1. The maximum atomic E-state index is 9.84. The molecule has 12 heavy (non-hydrogen) atoms. The molecule has 0 heterocycles. The predicted molar refractivity (Wildman–Crippen MR) is 51.0 cm³/mol. The first-order valence-corrected chi connectivity index (χ1v) is 4.58. The van der Waals surface area contributed by atoms with E-state index in [0.29, 0.717) is 12.8 Å². The summed E-state index contributed by atoms with van der Waals surface area (Å²) in [6.07, 6.45) is 4.22. The second kappa shape index (κ2) is 5.33. The Kier molecular flexibility index (Phi) is 5.18. The molecule has 0 amide bonds. The molecule has 2 N–H and O–H groups in total. The molecule has 0 aromatic heterocycles. The molecule has 2 atom stereocenters.